The molecule has 0 unspecified atom stereocenters. The first-order valence-corrected chi connectivity index (χ1v) is 8.86. The maximum Gasteiger partial charge on any atom is 0.240 e. The Kier molecular flexibility index (Phi) is 3.55. The van der Waals surface area contributed by atoms with Crippen molar-refractivity contribution in [3.8, 4) is 28.3 Å². The number of benzene rings is 2. The van der Waals surface area contributed by atoms with Gasteiger partial charge in [-0.2, -0.15) is 0 Å². The summed E-state index contributed by atoms with van der Waals surface area (Å²) in [7, 11) is 3.67. The van der Waals surface area contributed by atoms with Crippen molar-refractivity contribution in [3.05, 3.63) is 54.9 Å². The summed E-state index contributed by atoms with van der Waals surface area (Å²) < 4.78 is 7.47. The van der Waals surface area contributed by atoms with Crippen LogP contribution in [0.1, 0.15) is 0 Å². The number of nitrogens with two attached hydrogens (primary N) is 1. The van der Waals surface area contributed by atoms with Gasteiger partial charge in [0.05, 0.1) is 7.11 Å². The van der Waals surface area contributed by atoms with Gasteiger partial charge in [-0.1, -0.05) is 18.2 Å². The number of ether oxygens (including phenoxy) is 1. The summed E-state index contributed by atoms with van der Waals surface area (Å²) in [5, 5.41) is 10.5. The number of nitrogens with one attached hydrogen (secondary N) is 1. The predicted molar refractivity (Wildman–Crippen MR) is 110 cm³/mol. The highest BCUT2D eigenvalue weighted by Crippen LogP contribution is 2.38. The Bertz CT molecular complexity index is 1330. The van der Waals surface area contributed by atoms with Crippen molar-refractivity contribution in [2.45, 2.75) is 0 Å². The van der Waals surface area contributed by atoms with Crippen LogP contribution in [-0.2, 0) is 7.05 Å². The molecule has 0 amide bonds. The molecule has 7 heteroatoms. The van der Waals surface area contributed by atoms with Gasteiger partial charge < -0.3 is 20.0 Å². The molecule has 2 aromatic carbocycles. The molecule has 0 fully saturated rings. The van der Waals surface area contributed by atoms with Crippen molar-refractivity contribution in [1.29, 1.82) is 0 Å². The number of fused-ring (bicyclic) bond motifs is 2. The molecule has 3 heterocycles. The highest BCUT2D eigenvalue weighted by Gasteiger charge is 2.19. The second-order valence-corrected chi connectivity index (χ2v) is 6.65. The number of anilines is 1. The van der Waals surface area contributed by atoms with Crippen LogP contribution in [0.2, 0.25) is 0 Å². The Balaban J connectivity index is 1.81. The highest BCUT2D eigenvalue weighted by atomic mass is 16.5. The van der Waals surface area contributed by atoms with Crippen LogP contribution in [0.15, 0.2) is 54.9 Å². The molecular weight excluding hydrogens is 352 g/mol. The molecule has 5 aromatic rings. The third kappa shape index (κ3) is 2.40. The van der Waals surface area contributed by atoms with E-state index in [9.17, 15) is 0 Å². The molecule has 0 atom stereocenters. The zero-order valence-electron chi connectivity index (χ0n) is 15.5. The first-order chi connectivity index (χ1) is 13.7. The van der Waals surface area contributed by atoms with Gasteiger partial charge >= 0.3 is 0 Å². The third-order valence-corrected chi connectivity index (χ3v) is 5.00. The van der Waals surface area contributed by atoms with E-state index in [1.165, 1.54) is 0 Å². The van der Waals surface area contributed by atoms with Crippen LogP contribution in [0.4, 0.5) is 5.95 Å². The van der Waals surface area contributed by atoms with Gasteiger partial charge in [0, 0.05) is 52.4 Å². The summed E-state index contributed by atoms with van der Waals surface area (Å²) in [5.41, 5.74) is 11.2. The Hall–Kier alpha value is -3.87. The summed E-state index contributed by atoms with van der Waals surface area (Å²) in [6.07, 6.45) is 3.97. The molecule has 0 saturated carbocycles. The Labute approximate surface area is 160 Å². The average Bonchev–Trinajstić information content (AvgIpc) is 3.29. The van der Waals surface area contributed by atoms with E-state index < -0.39 is 0 Å². The second-order valence-electron chi connectivity index (χ2n) is 6.65. The minimum atomic E-state index is 0.135. The maximum atomic E-state index is 5.90. The fourth-order valence-corrected chi connectivity index (χ4v) is 3.66. The lowest BCUT2D eigenvalue weighted by Gasteiger charge is -2.07. The molecule has 0 saturated heterocycles. The number of methoxy groups -OCH3 is 1. The molecule has 3 aromatic heterocycles. The van der Waals surface area contributed by atoms with E-state index in [2.05, 4.69) is 36.9 Å². The summed E-state index contributed by atoms with van der Waals surface area (Å²) in [5.74, 6) is 0.909. The fourth-order valence-electron chi connectivity index (χ4n) is 3.66. The van der Waals surface area contributed by atoms with Crippen LogP contribution >= 0.6 is 0 Å². The predicted octanol–water partition coefficient (Wildman–Crippen LogP) is 3.77. The van der Waals surface area contributed by atoms with Gasteiger partial charge in [-0.15, -0.1) is 10.2 Å². The largest absolute Gasteiger partial charge is 0.497 e. The smallest absolute Gasteiger partial charge is 0.240 e. The third-order valence-electron chi connectivity index (χ3n) is 5.00. The molecule has 7 nitrogen and oxygen atoms in total. The van der Waals surface area contributed by atoms with E-state index in [4.69, 9.17) is 10.5 Å². The van der Waals surface area contributed by atoms with Crippen LogP contribution in [0.5, 0.6) is 5.75 Å². The zero-order valence-corrected chi connectivity index (χ0v) is 15.5. The van der Waals surface area contributed by atoms with E-state index in [0.717, 1.165) is 38.7 Å². The van der Waals surface area contributed by atoms with Crippen LogP contribution in [-0.4, -0.2) is 31.8 Å². The second kappa shape index (κ2) is 6.09. The lowest BCUT2D eigenvalue weighted by molar-refractivity contribution is 0.415. The van der Waals surface area contributed by atoms with E-state index in [-0.39, 0.29) is 5.95 Å². The van der Waals surface area contributed by atoms with Gasteiger partial charge in [-0.25, -0.2) is 4.98 Å². The normalized spacial score (nSPS) is 11.4. The number of hydrogen-bond acceptors (Lipinski definition) is 5. The van der Waals surface area contributed by atoms with Crippen molar-refractivity contribution in [1.82, 2.24) is 24.7 Å². The van der Waals surface area contributed by atoms with Crippen LogP contribution in [0.3, 0.4) is 0 Å². The topological polar surface area (TPSA) is 94.6 Å². The number of nitrogens with zero attached hydrogens (tertiary/aromatic N) is 4. The number of H-pyrrole nitrogens is 1. The maximum absolute atomic E-state index is 5.90. The standard InChI is InChI=1S/C21H18N6O/c1-27-11-16(13-5-3-4-6-18(13)27)20-19(24-21(22)26-25-20)15-10-23-17-8-7-12(28-2)9-14(15)17/h3-11,23H,1-2H3,(H2,22,24,26). The molecule has 138 valence electrons. The number of rotatable bonds is 3. The van der Waals surface area contributed by atoms with E-state index in [1.807, 2.05) is 49.8 Å². The van der Waals surface area contributed by atoms with E-state index >= 15 is 0 Å². The lowest BCUT2D eigenvalue weighted by atomic mass is 10.0. The number of aromatic nitrogens is 5. The van der Waals surface area contributed by atoms with Crippen molar-refractivity contribution in [2.24, 2.45) is 7.05 Å². The fraction of sp³-hybridized carbons (Fsp3) is 0.0952. The highest BCUT2D eigenvalue weighted by molar-refractivity contribution is 6.02. The monoisotopic (exact) mass is 370 g/mol. The lowest BCUT2D eigenvalue weighted by Crippen LogP contribution is -2.02. The van der Waals surface area contributed by atoms with Gasteiger partial charge in [-0.3, -0.25) is 0 Å². The van der Waals surface area contributed by atoms with Crippen molar-refractivity contribution < 1.29 is 4.74 Å². The minimum Gasteiger partial charge on any atom is -0.497 e. The molecule has 0 spiro atoms. The molecular formula is C21H18N6O. The molecule has 0 aliphatic carbocycles. The molecule has 3 N–H and O–H groups in total. The number of nitrogen functional groups attached to an aromatic ring is 1. The average molecular weight is 370 g/mol. The summed E-state index contributed by atoms with van der Waals surface area (Å²) >= 11 is 0. The molecule has 0 aliphatic rings. The van der Waals surface area contributed by atoms with Crippen LogP contribution < -0.4 is 10.5 Å². The summed E-state index contributed by atoms with van der Waals surface area (Å²) in [6.45, 7) is 0. The molecule has 0 aliphatic heterocycles. The van der Waals surface area contributed by atoms with E-state index in [1.54, 1.807) is 7.11 Å². The van der Waals surface area contributed by atoms with Gasteiger partial charge in [0.1, 0.15) is 17.1 Å². The quantitative estimate of drug-likeness (QED) is 0.504. The Morgan fingerprint density at radius 3 is 2.71 bits per heavy atom. The molecule has 0 radical (unpaired) electrons. The van der Waals surface area contributed by atoms with Crippen molar-refractivity contribution >= 4 is 27.8 Å². The van der Waals surface area contributed by atoms with Gasteiger partial charge in [0.25, 0.3) is 0 Å². The molecule has 0 bridgehead atoms. The van der Waals surface area contributed by atoms with Crippen LogP contribution in [0, 0.1) is 0 Å². The number of hydrogen-bond donors (Lipinski definition) is 2. The van der Waals surface area contributed by atoms with Gasteiger partial charge in [-0.05, 0) is 24.3 Å². The van der Waals surface area contributed by atoms with Crippen molar-refractivity contribution in [2.75, 3.05) is 12.8 Å². The van der Waals surface area contributed by atoms with Gasteiger partial charge in [0.2, 0.25) is 5.95 Å². The SMILES string of the molecule is COc1ccc2[nH]cc(-c3nc(N)nnc3-c3cn(C)c4ccccc34)c2c1. The first-order valence-electron chi connectivity index (χ1n) is 8.86. The Morgan fingerprint density at radius 1 is 1.00 bits per heavy atom. The summed E-state index contributed by atoms with van der Waals surface area (Å²) in [6, 6.07) is 14.1. The number of aromatic amines is 1. The molecule has 5 rings (SSSR count). The zero-order chi connectivity index (χ0) is 19.3. The molecule has 28 heavy (non-hydrogen) atoms. The van der Waals surface area contributed by atoms with Crippen molar-refractivity contribution in [3.63, 3.8) is 0 Å². The number of para-hydroxylation sites is 1. The minimum absolute atomic E-state index is 0.135. The first kappa shape index (κ1) is 16.3. The van der Waals surface area contributed by atoms with E-state index in [0.29, 0.717) is 11.4 Å². The Morgan fingerprint density at radius 2 is 1.86 bits per heavy atom. The van der Waals surface area contributed by atoms with Crippen LogP contribution in [0.25, 0.3) is 44.3 Å². The number of aryl methyl sites for hydroxylation is 1. The summed E-state index contributed by atoms with van der Waals surface area (Å²) in [4.78, 5) is 7.84. The van der Waals surface area contributed by atoms with Gasteiger partial charge in [0.15, 0.2) is 0 Å².